The number of carbonyl (C=O) groups is 1. The summed E-state index contributed by atoms with van der Waals surface area (Å²) >= 11 is 0. The zero-order chi connectivity index (χ0) is 19.3. The number of hydrogen-bond acceptors (Lipinski definition) is 5. The Hall–Kier alpha value is -2.54. The first-order valence-electron chi connectivity index (χ1n) is 8.13. The fourth-order valence-corrected chi connectivity index (χ4v) is 2.95. The van der Waals surface area contributed by atoms with E-state index < -0.39 is 10.1 Å². The summed E-state index contributed by atoms with van der Waals surface area (Å²) in [5.74, 6) is 0.636. The molecule has 0 heterocycles. The lowest BCUT2D eigenvalue weighted by Gasteiger charge is -2.27. The van der Waals surface area contributed by atoms with Crippen molar-refractivity contribution in [3.63, 3.8) is 0 Å². The van der Waals surface area contributed by atoms with E-state index in [9.17, 15) is 13.2 Å². The van der Waals surface area contributed by atoms with Crippen molar-refractivity contribution in [3.8, 4) is 11.5 Å². The Kier molecular flexibility index (Phi) is 6.26. The molecule has 2 rings (SSSR count). The number of rotatable bonds is 7. The predicted molar refractivity (Wildman–Crippen MR) is 99.9 cm³/mol. The van der Waals surface area contributed by atoms with E-state index in [-0.39, 0.29) is 17.7 Å². The molecule has 0 unspecified atom stereocenters. The summed E-state index contributed by atoms with van der Waals surface area (Å²) in [5, 5.41) is 0. The largest absolute Gasteiger partial charge is 0.496 e. The van der Waals surface area contributed by atoms with Gasteiger partial charge >= 0.3 is 10.1 Å². The lowest BCUT2D eigenvalue weighted by atomic mass is 10.1. The highest BCUT2D eigenvalue weighted by molar-refractivity contribution is 7.86. The number of ether oxygens (including phenoxy) is 1. The van der Waals surface area contributed by atoms with Crippen LogP contribution in [0, 0.1) is 0 Å². The number of methoxy groups -OCH3 is 1. The monoisotopic (exact) mass is 377 g/mol. The zero-order valence-electron chi connectivity index (χ0n) is 15.3. The third kappa shape index (κ3) is 5.23. The van der Waals surface area contributed by atoms with Gasteiger partial charge in [0.25, 0.3) is 5.91 Å². The molecule has 0 atom stereocenters. The molecule has 0 N–H and O–H groups in total. The Morgan fingerprint density at radius 3 is 2.23 bits per heavy atom. The molecule has 6 nitrogen and oxygen atoms in total. The Balaban J connectivity index is 2.22. The van der Waals surface area contributed by atoms with Gasteiger partial charge in [0.2, 0.25) is 0 Å². The van der Waals surface area contributed by atoms with Crippen molar-refractivity contribution in [2.24, 2.45) is 0 Å². The second-order valence-electron chi connectivity index (χ2n) is 6.16. The van der Waals surface area contributed by atoms with Gasteiger partial charge in [-0.25, -0.2) is 0 Å². The van der Waals surface area contributed by atoms with Crippen molar-refractivity contribution in [1.29, 1.82) is 0 Å². The van der Waals surface area contributed by atoms with Crippen LogP contribution in [0.1, 0.15) is 29.8 Å². The zero-order valence-corrected chi connectivity index (χ0v) is 16.1. The molecular formula is C19H23NO5S. The Morgan fingerprint density at radius 2 is 1.69 bits per heavy atom. The van der Waals surface area contributed by atoms with Crippen LogP contribution in [-0.4, -0.2) is 38.6 Å². The molecule has 2 aromatic rings. The van der Waals surface area contributed by atoms with E-state index in [4.69, 9.17) is 8.92 Å². The maximum atomic E-state index is 13.0. The smallest absolute Gasteiger partial charge is 0.306 e. The van der Waals surface area contributed by atoms with Crippen LogP contribution in [0.4, 0.5) is 0 Å². The summed E-state index contributed by atoms with van der Waals surface area (Å²) in [6.45, 7) is 4.26. The van der Waals surface area contributed by atoms with Gasteiger partial charge in [0.1, 0.15) is 11.5 Å². The van der Waals surface area contributed by atoms with Gasteiger partial charge in [-0.05, 0) is 43.7 Å². The van der Waals surface area contributed by atoms with Crippen molar-refractivity contribution in [1.82, 2.24) is 4.90 Å². The number of benzene rings is 2. The second-order valence-corrected chi connectivity index (χ2v) is 7.73. The first-order chi connectivity index (χ1) is 12.2. The van der Waals surface area contributed by atoms with E-state index in [1.165, 1.54) is 7.11 Å². The highest BCUT2D eigenvalue weighted by Crippen LogP contribution is 2.22. The van der Waals surface area contributed by atoms with E-state index in [1.807, 2.05) is 19.9 Å². The second kappa shape index (κ2) is 8.23. The number of hydrogen-bond donors (Lipinski definition) is 0. The molecule has 0 aromatic heterocycles. The molecule has 0 aliphatic heterocycles. The summed E-state index contributed by atoms with van der Waals surface area (Å²) in [4.78, 5) is 14.7. The van der Waals surface area contributed by atoms with E-state index in [0.717, 1.165) is 11.8 Å². The van der Waals surface area contributed by atoms with Crippen LogP contribution in [0.3, 0.4) is 0 Å². The fourth-order valence-electron chi connectivity index (χ4n) is 2.49. The van der Waals surface area contributed by atoms with E-state index in [1.54, 1.807) is 47.4 Å². The summed E-state index contributed by atoms with van der Waals surface area (Å²) < 4.78 is 32.5. The van der Waals surface area contributed by atoms with Crippen molar-refractivity contribution < 1.29 is 22.1 Å². The average molecular weight is 377 g/mol. The van der Waals surface area contributed by atoms with Gasteiger partial charge in [0, 0.05) is 12.6 Å². The molecule has 26 heavy (non-hydrogen) atoms. The first kappa shape index (κ1) is 19.8. The summed E-state index contributed by atoms with van der Waals surface area (Å²) in [6.07, 6.45) is 0.993. The van der Waals surface area contributed by atoms with Gasteiger partial charge in [0.15, 0.2) is 0 Å². The normalized spacial score (nSPS) is 11.3. The summed E-state index contributed by atoms with van der Waals surface area (Å²) in [5.41, 5.74) is 1.36. The van der Waals surface area contributed by atoms with E-state index in [0.29, 0.717) is 17.9 Å². The molecule has 0 aliphatic carbocycles. The standard InChI is InChI=1S/C19H23NO5S/c1-14(2)20(19(21)17-7-5-6-8-18(17)24-3)13-15-9-11-16(12-10-15)25-26(4,22)23/h5-12,14H,13H2,1-4H3. The van der Waals surface area contributed by atoms with Gasteiger partial charge < -0.3 is 13.8 Å². The van der Waals surface area contributed by atoms with Crippen LogP contribution in [0.5, 0.6) is 11.5 Å². The molecule has 140 valence electrons. The highest BCUT2D eigenvalue weighted by Gasteiger charge is 2.22. The van der Waals surface area contributed by atoms with Gasteiger partial charge in [-0.1, -0.05) is 24.3 Å². The minimum absolute atomic E-state index is 0.0284. The van der Waals surface area contributed by atoms with Crippen LogP contribution in [0.15, 0.2) is 48.5 Å². The molecule has 0 saturated heterocycles. The minimum atomic E-state index is -3.56. The lowest BCUT2D eigenvalue weighted by molar-refractivity contribution is 0.0687. The lowest BCUT2D eigenvalue weighted by Crippen LogP contribution is -2.36. The van der Waals surface area contributed by atoms with E-state index in [2.05, 4.69) is 0 Å². The first-order valence-corrected chi connectivity index (χ1v) is 9.95. The Morgan fingerprint density at radius 1 is 1.08 bits per heavy atom. The number of nitrogens with zero attached hydrogens (tertiary/aromatic N) is 1. The molecule has 0 bridgehead atoms. The van der Waals surface area contributed by atoms with Gasteiger partial charge in [-0.3, -0.25) is 4.79 Å². The Bertz CT molecular complexity index is 860. The molecule has 7 heteroatoms. The van der Waals surface area contributed by atoms with Crippen LogP contribution < -0.4 is 8.92 Å². The van der Waals surface area contributed by atoms with Crippen molar-refractivity contribution in [3.05, 3.63) is 59.7 Å². The molecule has 0 saturated carbocycles. The molecule has 0 radical (unpaired) electrons. The summed E-state index contributed by atoms with van der Waals surface area (Å²) in [7, 11) is -2.03. The third-order valence-corrected chi connectivity index (χ3v) is 4.24. The third-order valence-electron chi connectivity index (χ3n) is 3.75. The maximum absolute atomic E-state index is 13.0. The van der Waals surface area contributed by atoms with Crippen LogP contribution >= 0.6 is 0 Å². The topological polar surface area (TPSA) is 72.9 Å². The number of para-hydroxylation sites is 1. The predicted octanol–water partition coefficient (Wildman–Crippen LogP) is 3.08. The maximum Gasteiger partial charge on any atom is 0.306 e. The Labute approximate surface area is 154 Å². The van der Waals surface area contributed by atoms with Crippen molar-refractivity contribution in [2.75, 3.05) is 13.4 Å². The fraction of sp³-hybridized carbons (Fsp3) is 0.316. The van der Waals surface area contributed by atoms with Crippen LogP contribution in [-0.2, 0) is 16.7 Å². The quantitative estimate of drug-likeness (QED) is 0.694. The number of amides is 1. The molecule has 2 aromatic carbocycles. The van der Waals surface area contributed by atoms with Crippen LogP contribution in [0.2, 0.25) is 0 Å². The average Bonchev–Trinajstić information content (AvgIpc) is 2.59. The van der Waals surface area contributed by atoms with Gasteiger partial charge in [-0.2, -0.15) is 8.42 Å². The van der Waals surface area contributed by atoms with Crippen molar-refractivity contribution in [2.45, 2.75) is 26.4 Å². The van der Waals surface area contributed by atoms with Crippen molar-refractivity contribution >= 4 is 16.0 Å². The van der Waals surface area contributed by atoms with E-state index >= 15 is 0 Å². The number of carbonyl (C=O) groups excluding carboxylic acids is 1. The summed E-state index contributed by atoms with van der Waals surface area (Å²) in [6, 6.07) is 13.7. The molecule has 0 aliphatic rings. The minimum Gasteiger partial charge on any atom is -0.496 e. The molecule has 1 amide bonds. The van der Waals surface area contributed by atoms with Gasteiger partial charge in [-0.15, -0.1) is 0 Å². The molecule has 0 spiro atoms. The van der Waals surface area contributed by atoms with Crippen LogP contribution in [0.25, 0.3) is 0 Å². The highest BCUT2D eigenvalue weighted by atomic mass is 32.2. The SMILES string of the molecule is COc1ccccc1C(=O)N(Cc1ccc(OS(C)(=O)=O)cc1)C(C)C. The van der Waals surface area contributed by atoms with Gasteiger partial charge in [0.05, 0.1) is 18.9 Å². The molecular weight excluding hydrogens is 354 g/mol. The molecule has 0 fully saturated rings.